The van der Waals surface area contributed by atoms with Crippen molar-refractivity contribution in [2.75, 3.05) is 6.79 Å². The van der Waals surface area contributed by atoms with Crippen molar-refractivity contribution < 1.29 is 18.8 Å². The summed E-state index contributed by atoms with van der Waals surface area (Å²) >= 11 is 1.35. The van der Waals surface area contributed by atoms with Crippen molar-refractivity contribution in [1.29, 1.82) is 0 Å². The lowest BCUT2D eigenvalue weighted by atomic mass is 10.1. The van der Waals surface area contributed by atoms with Crippen LogP contribution in [0.25, 0.3) is 11.3 Å². The average Bonchev–Trinajstić information content (AvgIpc) is 3.47. The summed E-state index contributed by atoms with van der Waals surface area (Å²) in [6, 6.07) is 17.7. The fraction of sp³-hybridized carbons (Fsp3) is 0.0833. The molecule has 0 atom stereocenters. The number of fused-ring (bicyclic) bond motifs is 1. The first-order chi connectivity index (χ1) is 16.5. The Kier molecular flexibility index (Phi) is 5.64. The van der Waals surface area contributed by atoms with Crippen LogP contribution in [0.4, 0.5) is 15.8 Å². The Bertz CT molecular complexity index is 1470. The standard InChI is InChI=1S/C24H17FN4O4S/c1-15(17-4-11-22-23(12-17)33-14-32-22)27-28-21(16-2-9-20(10-3-16)29(30)31)13-34-24(28)26-19-7-5-18(25)6-8-19/h2-13H,14H2,1H3. The first-order valence-corrected chi connectivity index (χ1v) is 11.1. The van der Waals surface area contributed by atoms with Gasteiger partial charge < -0.3 is 9.47 Å². The number of hydrogen-bond donors (Lipinski definition) is 0. The molecule has 0 spiro atoms. The molecule has 5 rings (SSSR count). The number of hydrogen-bond acceptors (Lipinski definition) is 7. The summed E-state index contributed by atoms with van der Waals surface area (Å²) in [5.74, 6) is 0.980. The van der Waals surface area contributed by atoms with Gasteiger partial charge in [0.25, 0.3) is 5.69 Å². The summed E-state index contributed by atoms with van der Waals surface area (Å²) in [4.78, 5) is 15.8. The Morgan fingerprint density at radius 3 is 2.53 bits per heavy atom. The smallest absolute Gasteiger partial charge is 0.269 e. The lowest BCUT2D eigenvalue weighted by Crippen LogP contribution is -2.13. The van der Waals surface area contributed by atoms with Crippen LogP contribution in [0.2, 0.25) is 0 Å². The summed E-state index contributed by atoms with van der Waals surface area (Å²) in [5, 5.41) is 17.7. The normalized spacial score (nSPS) is 13.4. The van der Waals surface area contributed by atoms with Crippen LogP contribution in [0.3, 0.4) is 0 Å². The van der Waals surface area contributed by atoms with E-state index < -0.39 is 4.92 Å². The number of aromatic nitrogens is 1. The summed E-state index contributed by atoms with van der Waals surface area (Å²) in [6.45, 7) is 2.04. The van der Waals surface area contributed by atoms with Crippen molar-refractivity contribution in [2.45, 2.75) is 6.92 Å². The van der Waals surface area contributed by atoms with Crippen LogP contribution in [-0.4, -0.2) is 22.1 Å². The van der Waals surface area contributed by atoms with Crippen molar-refractivity contribution in [3.63, 3.8) is 0 Å². The van der Waals surface area contributed by atoms with E-state index in [-0.39, 0.29) is 18.3 Å². The molecule has 0 saturated carbocycles. The summed E-state index contributed by atoms with van der Waals surface area (Å²) in [5.41, 5.74) is 3.56. The van der Waals surface area contributed by atoms with E-state index in [0.29, 0.717) is 33.4 Å². The minimum atomic E-state index is -0.442. The summed E-state index contributed by atoms with van der Waals surface area (Å²) in [7, 11) is 0. The molecule has 170 valence electrons. The number of ether oxygens (including phenoxy) is 2. The molecule has 3 aromatic carbocycles. The zero-order valence-electron chi connectivity index (χ0n) is 17.8. The van der Waals surface area contributed by atoms with E-state index >= 15 is 0 Å². The number of nitro groups is 1. The Labute approximate surface area is 197 Å². The number of non-ortho nitro benzene ring substituents is 1. The van der Waals surface area contributed by atoms with Crippen LogP contribution >= 0.6 is 11.3 Å². The molecule has 0 aliphatic carbocycles. The molecule has 0 N–H and O–H groups in total. The fourth-order valence-electron chi connectivity index (χ4n) is 3.38. The number of thiazole rings is 1. The Morgan fingerprint density at radius 2 is 1.79 bits per heavy atom. The molecule has 34 heavy (non-hydrogen) atoms. The van der Waals surface area contributed by atoms with Crippen molar-refractivity contribution in [1.82, 2.24) is 4.68 Å². The van der Waals surface area contributed by atoms with Gasteiger partial charge in [0.2, 0.25) is 11.6 Å². The second-order valence-electron chi connectivity index (χ2n) is 7.36. The number of nitro benzene ring substituents is 1. The van der Waals surface area contributed by atoms with Gasteiger partial charge in [0.15, 0.2) is 11.5 Å². The second-order valence-corrected chi connectivity index (χ2v) is 8.20. The van der Waals surface area contributed by atoms with Gasteiger partial charge in [-0.3, -0.25) is 10.1 Å². The first kappa shape index (κ1) is 21.5. The Balaban J connectivity index is 1.63. The topological polar surface area (TPSA) is 91.2 Å². The highest BCUT2D eigenvalue weighted by Crippen LogP contribution is 2.33. The number of rotatable bonds is 5. The summed E-state index contributed by atoms with van der Waals surface area (Å²) in [6.07, 6.45) is 0. The third kappa shape index (κ3) is 4.30. The van der Waals surface area contributed by atoms with Crippen LogP contribution in [0.5, 0.6) is 11.5 Å². The number of nitrogens with zero attached hydrogens (tertiary/aromatic N) is 4. The predicted octanol–water partition coefficient (Wildman–Crippen LogP) is 5.50. The van der Waals surface area contributed by atoms with Gasteiger partial charge >= 0.3 is 0 Å². The number of halogens is 1. The van der Waals surface area contributed by atoms with E-state index in [1.807, 2.05) is 30.5 Å². The van der Waals surface area contributed by atoms with E-state index in [1.54, 1.807) is 28.9 Å². The second kappa shape index (κ2) is 8.91. The van der Waals surface area contributed by atoms with Crippen molar-refractivity contribution in [3.05, 3.63) is 98.4 Å². The van der Waals surface area contributed by atoms with E-state index in [1.165, 1.54) is 35.6 Å². The van der Waals surface area contributed by atoms with E-state index in [4.69, 9.17) is 14.6 Å². The Morgan fingerprint density at radius 1 is 1.06 bits per heavy atom. The minimum Gasteiger partial charge on any atom is -0.454 e. The maximum absolute atomic E-state index is 13.3. The molecular weight excluding hydrogens is 459 g/mol. The van der Waals surface area contributed by atoms with Crippen molar-refractivity contribution in [2.24, 2.45) is 10.1 Å². The van der Waals surface area contributed by atoms with Gasteiger partial charge in [0.1, 0.15) is 5.82 Å². The number of benzene rings is 3. The average molecular weight is 476 g/mol. The van der Waals surface area contributed by atoms with Crippen LogP contribution < -0.4 is 14.3 Å². The fourth-order valence-corrected chi connectivity index (χ4v) is 4.23. The molecule has 0 radical (unpaired) electrons. The maximum Gasteiger partial charge on any atom is 0.269 e. The molecule has 1 aliphatic rings. The molecule has 8 nitrogen and oxygen atoms in total. The first-order valence-electron chi connectivity index (χ1n) is 10.2. The molecule has 0 saturated heterocycles. The molecular formula is C24H17FN4O4S. The highest BCUT2D eigenvalue weighted by Gasteiger charge is 2.15. The molecule has 4 aromatic rings. The van der Waals surface area contributed by atoms with E-state index in [0.717, 1.165) is 11.1 Å². The van der Waals surface area contributed by atoms with E-state index in [9.17, 15) is 14.5 Å². The molecule has 0 amide bonds. The third-order valence-corrected chi connectivity index (χ3v) is 5.97. The zero-order valence-corrected chi connectivity index (χ0v) is 18.7. The largest absolute Gasteiger partial charge is 0.454 e. The van der Waals surface area contributed by atoms with Gasteiger partial charge in [-0.1, -0.05) is 0 Å². The van der Waals surface area contributed by atoms with Crippen LogP contribution in [0.1, 0.15) is 12.5 Å². The summed E-state index contributed by atoms with van der Waals surface area (Å²) < 4.78 is 25.9. The van der Waals surface area contributed by atoms with E-state index in [2.05, 4.69) is 4.99 Å². The van der Waals surface area contributed by atoms with Crippen molar-refractivity contribution >= 4 is 28.4 Å². The third-order valence-electron chi connectivity index (χ3n) is 5.15. The Hall–Kier alpha value is -4.31. The van der Waals surface area contributed by atoms with Crippen molar-refractivity contribution in [3.8, 4) is 22.8 Å². The highest BCUT2D eigenvalue weighted by atomic mass is 32.1. The predicted molar refractivity (Wildman–Crippen MR) is 126 cm³/mol. The highest BCUT2D eigenvalue weighted by molar-refractivity contribution is 7.07. The molecule has 10 heteroatoms. The van der Waals surface area contributed by atoms with Gasteiger partial charge in [0, 0.05) is 28.6 Å². The molecule has 1 aliphatic heterocycles. The molecule has 1 aromatic heterocycles. The lowest BCUT2D eigenvalue weighted by molar-refractivity contribution is -0.384. The monoisotopic (exact) mass is 476 g/mol. The van der Waals surface area contributed by atoms with Gasteiger partial charge in [-0.25, -0.2) is 14.1 Å². The molecule has 0 unspecified atom stereocenters. The van der Waals surface area contributed by atoms with Gasteiger partial charge in [-0.2, -0.15) is 5.10 Å². The van der Waals surface area contributed by atoms with Gasteiger partial charge in [-0.15, -0.1) is 11.3 Å². The quantitative estimate of drug-likeness (QED) is 0.216. The molecule has 0 fully saturated rings. The van der Waals surface area contributed by atoms with Crippen LogP contribution in [0, 0.1) is 15.9 Å². The molecule has 2 heterocycles. The minimum absolute atomic E-state index is 0.00166. The van der Waals surface area contributed by atoms with Gasteiger partial charge in [0.05, 0.1) is 22.0 Å². The zero-order chi connectivity index (χ0) is 23.7. The lowest BCUT2D eigenvalue weighted by Gasteiger charge is -2.07. The van der Waals surface area contributed by atoms with Crippen LogP contribution in [-0.2, 0) is 0 Å². The SMILES string of the molecule is CC(=Nn1c(-c2ccc([N+](=O)[O-])cc2)csc1=Nc1ccc(F)cc1)c1ccc2c(c1)OCO2. The maximum atomic E-state index is 13.3. The van der Waals surface area contributed by atoms with Gasteiger partial charge in [-0.05, 0) is 61.5 Å². The van der Waals surface area contributed by atoms with Crippen LogP contribution in [0.15, 0.2) is 82.2 Å². The molecule has 0 bridgehead atoms.